The number of hydrogen-bond acceptors (Lipinski definition) is 2. The van der Waals surface area contributed by atoms with Gasteiger partial charge in [0.2, 0.25) is 5.91 Å². The Morgan fingerprint density at radius 3 is 2.33 bits per heavy atom. The van der Waals surface area contributed by atoms with Gasteiger partial charge in [0.1, 0.15) is 5.75 Å². The molecule has 1 aromatic carbocycles. The summed E-state index contributed by atoms with van der Waals surface area (Å²) in [7, 11) is 3.46. The first kappa shape index (κ1) is 15.0. The summed E-state index contributed by atoms with van der Waals surface area (Å²) >= 11 is 3.43. The zero-order valence-corrected chi connectivity index (χ0v) is 12.9. The molecule has 0 fully saturated rings. The number of alkyl halides is 1. The maximum atomic E-state index is 12.1. The van der Waals surface area contributed by atoms with E-state index in [2.05, 4.69) is 15.9 Å². The zero-order chi connectivity index (χ0) is 13.7. The van der Waals surface area contributed by atoms with Gasteiger partial charge in [-0.25, -0.2) is 0 Å². The molecule has 0 heterocycles. The van der Waals surface area contributed by atoms with Crippen LogP contribution in [0.3, 0.4) is 0 Å². The van der Waals surface area contributed by atoms with Crippen LogP contribution in [0, 0.1) is 5.92 Å². The Labute approximate surface area is 117 Å². The normalized spacial score (nSPS) is 12.3. The fourth-order valence-electron chi connectivity index (χ4n) is 1.58. The highest BCUT2D eigenvalue weighted by Crippen LogP contribution is 2.17. The highest BCUT2D eigenvalue weighted by molar-refractivity contribution is 9.10. The van der Waals surface area contributed by atoms with Gasteiger partial charge in [-0.1, -0.05) is 41.9 Å². The Hall–Kier alpha value is -1.03. The number of hydrogen-bond donors (Lipinski definition) is 0. The van der Waals surface area contributed by atoms with E-state index in [0.29, 0.717) is 6.54 Å². The first-order valence-corrected chi connectivity index (χ1v) is 6.89. The Morgan fingerprint density at radius 1 is 1.33 bits per heavy atom. The van der Waals surface area contributed by atoms with Crippen LogP contribution in [0.1, 0.15) is 19.4 Å². The van der Waals surface area contributed by atoms with Crippen LogP contribution < -0.4 is 4.74 Å². The van der Waals surface area contributed by atoms with Gasteiger partial charge in [-0.3, -0.25) is 4.79 Å². The van der Waals surface area contributed by atoms with Crippen LogP contribution >= 0.6 is 15.9 Å². The van der Waals surface area contributed by atoms with Crippen molar-refractivity contribution in [3.05, 3.63) is 29.8 Å². The summed E-state index contributed by atoms with van der Waals surface area (Å²) < 4.78 is 5.10. The number of halogens is 1. The third-order valence-electron chi connectivity index (χ3n) is 2.78. The number of methoxy groups -OCH3 is 1. The van der Waals surface area contributed by atoms with E-state index in [1.54, 1.807) is 12.0 Å². The van der Waals surface area contributed by atoms with Crippen molar-refractivity contribution in [3.8, 4) is 5.75 Å². The number of amides is 1. The molecular formula is C14H20BrNO2. The van der Waals surface area contributed by atoms with E-state index >= 15 is 0 Å². The minimum Gasteiger partial charge on any atom is -0.497 e. The molecule has 1 amide bonds. The first-order valence-electron chi connectivity index (χ1n) is 5.97. The topological polar surface area (TPSA) is 29.5 Å². The van der Waals surface area contributed by atoms with Gasteiger partial charge >= 0.3 is 0 Å². The third kappa shape index (κ3) is 4.02. The van der Waals surface area contributed by atoms with Gasteiger partial charge in [-0.15, -0.1) is 0 Å². The number of carbonyl (C=O) groups excluding carboxylic acids is 1. The molecular weight excluding hydrogens is 294 g/mol. The van der Waals surface area contributed by atoms with Gasteiger partial charge in [0.05, 0.1) is 11.9 Å². The second-order valence-corrected chi connectivity index (χ2v) is 5.67. The SMILES string of the molecule is COc1ccc(CN(C)C(=O)C(Br)C(C)C)cc1. The van der Waals surface area contributed by atoms with Crippen molar-refractivity contribution in [2.24, 2.45) is 5.92 Å². The quantitative estimate of drug-likeness (QED) is 0.782. The standard InChI is InChI=1S/C14H20BrNO2/c1-10(2)13(15)14(17)16(3)9-11-5-7-12(18-4)8-6-11/h5-8,10,13H,9H2,1-4H3. The molecule has 0 bridgehead atoms. The van der Waals surface area contributed by atoms with Gasteiger partial charge in [0, 0.05) is 13.6 Å². The average Bonchev–Trinajstić information content (AvgIpc) is 2.37. The van der Waals surface area contributed by atoms with Crippen LogP contribution in [0.2, 0.25) is 0 Å². The third-order valence-corrected chi connectivity index (χ3v) is 4.23. The van der Waals surface area contributed by atoms with E-state index < -0.39 is 0 Å². The van der Waals surface area contributed by atoms with Crippen molar-refractivity contribution in [2.75, 3.05) is 14.2 Å². The lowest BCUT2D eigenvalue weighted by molar-refractivity contribution is -0.130. The molecule has 0 aromatic heterocycles. The van der Waals surface area contributed by atoms with E-state index in [4.69, 9.17) is 4.74 Å². The summed E-state index contributed by atoms with van der Waals surface area (Å²) in [4.78, 5) is 13.7. The molecule has 0 spiro atoms. The smallest absolute Gasteiger partial charge is 0.236 e. The van der Waals surface area contributed by atoms with E-state index in [1.165, 1.54) is 0 Å². The minimum absolute atomic E-state index is 0.112. The molecule has 1 aromatic rings. The van der Waals surface area contributed by atoms with Gasteiger partial charge < -0.3 is 9.64 Å². The molecule has 100 valence electrons. The molecule has 0 saturated carbocycles. The molecule has 0 radical (unpaired) electrons. The second-order valence-electron chi connectivity index (χ2n) is 4.69. The highest BCUT2D eigenvalue weighted by atomic mass is 79.9. The van der Waals surface area contributed by atoms with Gasteiger partial charge in [-0.2, -0.15) is 0 Å². The van der Waals surface area contributed by atoms with Crippen LogP contribution in [0.15, 0.2) is 24.3 Å². The van der Waals surface area contributed by atoms with Gasteiger partial charge in [0.25, 0.3) is 0 Å². The monoisotopic (exact) mass is 313 g/mol. The van der Waals surface area contributed by atoms with Crippen LogP contribution in [-0.2, 0) is 11.3 Å². The predicted octanol–water partition coefficient (Wildman–Crippen LogP) is 3.07. The summed E-state index contributed by atoms with van der Waals surface area (Å²) in [5.41, 5.74) is 1.09. The van der Waals surface area contributed by atoms with Crippen molar-refractivity contribution in [2.45, 2.75) is 25.2 Å². The van der Waals surface area contributed by atoms with Crippen molar-refractivity contribution in [1.82, 2.24) is 4.90 Å². The predicted molar refractivity (Wildman–Crippen MR) is 77.0 cm³/mol. The summed E-state index contributed by atoms with van der Waals surface area (Å²) in [6.45, 7) is 4.66. The van der Waals surface area contributed by atoms with Gasteiger partial charge in [0.15, 0.2) is 0 Å². The summed E-state index contributed by atoms with van der Waals surface area (Å²) in [5, 5.41) is 0. The van der Waals surface area contributed by atoms with E-state index in [9.17, 15) is 4.79 Å². The van der Waals surface area contributed by atoms with Crippen LogP contribution in [0.4, 0.5) is 0 Å². The molecule has 0 aliphatic carbocycles. The lowest BCUT2D eigenvalue weighted by atomic mass is 10.1. The van der Waals surface area contributed by atoms with E-state index in [1.807, 2.05) is 45.2 Å². The molecule has 1 rings (SSSR count). The summed E-state index contributed by atoms with van der Waals surface area (Å²) in [5.74, 6) is 1.23. The molecule has 1 atom stereocenters. The molecule has 0 saturated heterocycles. The summed E-state index contributed by atoms with van der Waals surface area (Å²) in [6, 6.07) is 7.76. The Bertz CT molecular complexity index is 389. The lowest BCUT2D eigenvalue weighted by Crippen LogP contribution is -2.35. The van der Waals surface area contributed by atoms with Crippen LogP contribution in [0.5, 0.6) is 5.75 Å². The Morgan fingerprint density at radius 2 is 1.89 bits per heavy atom. The number of benzene rings is 1. The molecule has 0 aliphatic heterocycles. The molecule has 1 unspecified atom stereocenters. The van der Waals surface area contributed by atoms with Crippen LogP contribution in [-0.4, -0.2) is 29.8 Å². The number of nitrogens with zero attached hydrogens (tertiary/aromatic N) is 1. The van der Waals surface area contributed by atoms with Crippen molar-refractivity contribution >= 4 is 21.8 Å². The fraction of sp³-hybridized carbons (Fsp3) is 0.500. The number of ether oxygens (including phenoxy) is 1. The molecule has 0 aliphatic rings. The zero-order valence-electron chi connectivity index (χ0n) is 11.3. The van der Waals surface area contributed by atoms with Crippen LogP contribution in [0.25, 0.3) is 0 Å². The number of carbonyl (C=O) groups is 1. The molecule has 18 heavy (non-hydrogen) atoms. The Kier molecular flexibility index (Phi) is 5.66. The molecule has 3 nitrogen and oxygen atoms in total. The highest BCUT2D eigenvalue weighted by Gasteiger charge is 2.22. The maximum Gasteiger partial charge on any atom is 0.236 e. The molecule has 4 heteroatoms. The minimum atomic E-state index is -0.124. The maximum absolute atomic E-state index is 12.1. The van der Waals surface area contributed by atoms with Crippen molar-refractivity contribution in [3.63, 3.8) is 0 Å². The second kappa shape index (κ2) is 6.78. The fourth-order valence-corrected chi connectivity index (χ4v) is 1.93. The van der Waals surface area contributed by atoms with E-state index in [0.717, 1.165) is 11.3 Å². The Balaban J connectivity index is 2.63. The van der Waals surface area contributed by atoms with Crippen molar-refractivity contribution in [1.29, 1.82) is 0 Å². The number of rotatable bonds is 5. The first-order chi connectivity index (χ1) is 8.45. The lowest BCUT2D eigenvalue weighted by Gasteiger charge is -2.22. The van der Waals surface area contributed by atoms with E-state index in [-0.39, 0.29) is 16.7 Å². The average molecular weight is 314 g/mol. The molecule has 0 N–H and O–H groups in total. The largest absolute Gasteiger partial charge is 0.497 e. The van der Waals surface area contributed by atoms with Crippen molar-refractivity contribution < 1.29 is 9.53 Å². The van der Waals surface area contributed by atoms with Gasteiger partial charge in [-0.05, 0) is 23.6 Å². The summed E-state index contributed by atoms with van der Waals surface area (Å²) in [6.07, 6.45) is 0.